The fourth-order valence-electron chi connectivity index (χ4n) is 2.03. The second-order valence-electron chi connectivity index (χ2n) is 4.19. The lowest BCUT2D eigenvalue weighted by atomic mass is 10.1. The van der Waals surface area contributed by atoms with Crippen LogP contribution in [0.2, 0.25) is 0 Å². The van der Waals surface area contributed by atoms with Crippen molar-refractivity contribution >= 4 is 22.7 Å². The zero-order valence-electron chi connectivity index (χ0n) is 9.69. The molecule has 2 aromatic rings. The molecule has 0 aliphatic rings. The van der Waals surface area contributed by atoms with E-state index in [9.17, 15) is 4.79 Å². The van der Waals surface area contributed by atoms with Gasteiger partial charge in [0.05, 0.1) is 5.52 Å². The molecule has 0 aliphatic heterocycles. The van der Waals surface area contributed by atoms with Gasteiger partial charge in [0.25, 0.3) is 0 Å². The number of aryl methyl sites for hydroxylation is 1. The maximum Gasteiger partial charge on any atom is 0.240 e. The van der Waals surface area contributed by atoms with Gasteiger partial charge in [0.1, 0.15) is 5.69 Å². The Hall–Kier alpha value is -1.86. The number of hydrogen-bond acceptors (Lipinski definition) is 2. The predicted molar refractivity (Wildman–Crippen MR) is 64.8 cm³/mol. The van der Waals surface area contributed by atoms with Crippen LogP contribution in [0.5, 0.6) is 0 Å². The summed E-state index contributed by atoms with van der Waals surface area (Å²) in [7, 11) is 0. The quantitative estimate of drug-likeness (QED) is 0.556. The van der Waals surface area contributed by atoms with E-state index in [2.05, 4.69) is 23.4 Å². The number of fused-ring (bicyclic) bond motifs is 1. The Balaban J connectivity index is 2.87. The monoisotopic (exact) mass is 214 g/mol. The van der Waals surface area contributed by atoms with Crippen LogP contribution in [0, 0.1) is 6.92 Å². The summed E-state index contributed by atoms with van der Waals surface area (Å²) in [4.78, 5) is 14.2. The molecule has 0 radical (unpaired) electrons. The second-order valence-corrected chi connectivity index (χ2v) is 4.19. The van der Waals surface area contributed by atoms with E-state index >= 15 is 0 Å². The van der Waals surface area contributed by atoms with Crippen molar-refractivity contribution in [3.63, 3.8) is 0 Å². The van der Waals surface area contributed by atoms with Gasteiger partial charge in [-0.15, -0.1) is 0 Å². The third-order valence-corrected chi connectivity index (χ3v) is 2.77. The Morgan fingerprint density at radius 1 is 1.38 bits per heavy atom. The van der Waals surface area contributed by atoms with Gasteiger partial charge in [-0.2, -0.15) is 4.99 Å². The van der Waals surface area contributed by atoms with E-state index in [4.69, 9.17) is 0 Å². The van der Waals surface area contributed by atoms with Gasteiger partial charge in [-0.1, -0.05) is 12.1 Å². The lowest BCUT2D eigenvalue weighted by Gasteiger charge is -2.08. The molecule has 3 nitrogen and oxygen atoms in total. The highest BCUT2D eigenvalue weighted by Crippen LogP contribution is 2.32. The number of benzene rings is 1. The minimum atomic E-state index is 0.347. The Kier molecular flexibility index (Phi) is 2.63. The molecule has 0 aliphatic carbocycles. The largest absolute Gasteiger partial charge is 0.343 e. The van der Waals surface area contributed by atoms with Crippen LogP contribution in [-0.2, 0) is 4.79 Å². The fourth-order valence-corrected chi connectivity index (χ4v) is 2.03. The highest BCUT2D eigenvalue weighted by atomic mass is 16.1. The molecule has 1 aromatic heterocycles. The Morgan fingerprint density at radius 2 is 2.12 bits per heavy atom. The lowest BCUT2D eigenvalue weighted by molar-refractivity contribution is 0.565. The highest BCUT2D eigenvalue weighted by Gasteiger charge is 2.11. The van der Waals surface area contributed by atoms with E-state index in [-0.39, 0.29) is 0 Å². The molecular weight excluding hydrogens is 200 g/mol. The van der Waals surface area contributed by atoms with Crippen LogP contribution in [0.25, 0.3) is 10.9 Å². The Morgan fingerprint density at radius 3 is 2.75 bits per heavy atom. The molecule has 82 valence electrons. The van der Waals surface area contributed by atoms with Crippen molar-refractivity contribution in [1.29, 1.82) is 0 Å². The van der Waals surface area contributed by atoms with Crippen molar-refractivity contribution < 1.29 is 4.79 Å². The SMILES string of the molecule is Cc1cccc2c1c(N=C=O)cn2C(C)C. The van der Waals surface area contributed by atoms with Crippen molar-refractivity contribution in [2.45, 2.75) is 26.8 Å². The van der Waals surface area contributed by atoms with Crippen molar-refractivity contribution in [1.82, 2.24) is 4.57 Å². The first-order valence-electron chi connectivity index (χ1n) is 5.33. The zero-order chi connectivity index (χ0) is 11.7. The minimum absolute atomic E-state index is 0.347. The molecule has 1 aromatic carbocycles. The summed E-state index contributed by atoms with van der Waals surface area (Å²) >= 11 is 0. The van der Waals surface area contributed by atoms with Crippen LogP contribution < -0.4 is 0 Å². The number of aliphatic imine (C=N–C) groups is 1. The van der Waals surface area contributed by atoms with Gasteiger partial charge >= 0.3 is 0 Å². The first kappa shape index (κ1) is 10.7. The topological polar surface area (TPSA) is 34.4 Å². The van der Waals surface area contributed by atoms with Gasteiger partial charge in [-0.25, -0.2) is 4.79 Å². The molecule has 0 bridgehead atoms. The molecule has 0 atom stereocenters. The third-order valence-electron chi connectivity index (χ3n) is 2.77. The van der Waals surface area contributed by atoms with Crippen LogP contribution >= 0.6 is 0 Å². The molecular formula is C13H14N2O. The van der Waals surface area contributed by atoms with Gasteiger partial charge in [-0.05, 0) is 32.4 Å². The summed E-state index contributed by atoms with van der Waals surface area (Å²) in [5, 5.41) is 1.04. The number of carbonyl (C=O) groups excluding carboxylic acids is 1. The molecule has 0 fully saturated rings. The standard InChI is InChI=1S/C13H14N2O/c1-9(2)15-7-11(14-8-16)13-10(3)5-4-6-12(13)15/h4-7,9H,1-3H3. The summed E-state index contributed by atoms with van der Waals surface area (Å²) in [6.07, 6.45) is 3.53. The first-order chi connectivity index (χ1) is 7.65. The molecule has 0 spiro atoms. The second kappa shape index (κ2) is 3.95. The van der Waals surface area contributed by atoms with Crippen LogP contribution in [-0.4, -0.2) is 10.6 Å². The predicted octanol–water partition coefficient (Wildman–Crippen LogP) is 3.50. The third kappa shape index (κ3) is 1.55. The van der Waals surface area contributed by atoms with E-state index < -0.39 is 0 Å². The molecule has 3 heteroatoms. The summed E-state index contributed by atoms with van der Waals surface area (Å²) in [5.74, 6) is 0. The Labute approximate surface area is 94.4 Å². The summed E-state index contributed by atoms with van der Waals surface area (Å²) in [6, 6.07) is 6.44. The maximum absolute atomic E-state index is 10.4. The van der Waals surface area contributed by atoms with E-state index in [1.54, 1.807) is 6.08 Å². The minimum Gasteiger partial charge on any atom is -0.343 e. The van der Waals surface area contributed by atoms with E-state index in [0.717, 1.165) is 16.5 Å². The molecule has 2 rings (SSSR count). The number of isocyanates is 1. The maximum atomic E-state index is 10.4. The average molecular weight is 214 g/mol. The van der Waals surface area contributed by atoms with E-state index in [0.29, 0.717) is 11.7 Å². The molecule has 0 N–H and O–H groups in total. The van der Waals surface area contributed by atoms with Crippen molar-refractivity contribution in [2.75, 3.05) is 0 Å². The van der Waals surface area contributed by atoms with Gasteiger partial charge < -0.3 is 4.57 Å². The molecule has 1 heterocycles. The van der Waals surface area contributed by atoms with E-state index in [1.165, 1.54) is 0 Å². The lowest BCUT2D eigenvalue weighted by Crippen LogP contribution is -1.97. The first-order valence-corrected chi connectivity index (χ1v) is 5.33. The number of aromatic nitrogens is 1. The molecule has 0 saturated heterocycles. The summed E-state index contributed by atoms with van der Waals surface area (Å²) in [6.45, 7) is 6.24. The molecule has 0 unspecified atom stereocenters. The van der Waals surface area contributed by atoms with Crippen LogP contribution in [0.3, 0.4) is 0 Å². The smallest absolute Gasteiger partial charge is 0.240 e. The fraction of sp³-hybridized carbons (Fsp3) is 0.308. The molecule has 0 saturated carbocycles. The van der Waals surface area contributed by atoms with Crippen LogP contribution in [0.15, 0.2) is 29.4 Å². The van der Waals surface area contributed by atoms with Gasteiger partial charge in [0.15, 0.2) is 0 Å². The van der Waals surface area contributed by atoms with Gasteiger partial charge in [0, 0.05) is 17.6 Å². The van der Waals surface area contributed by atoms with E-state index in [1.807, 2.05) is 31.3 Å². The normalized spacial score (nSPS) is 10.8. The zero-order valence-corrected chi connectivity index (χ0v) is 9.69. The summed E-state index contributed by atoms with van der Waals surface area (Å²) < 4.78 is 2.12. The van der Waals surface area contributed by atoms with Crippen molar-refractivity contribution in [3.8, 4) is 0 Å². The van der Waals surface area contributed by atoms with Gasteiger partial charge in [-0.3, -0.25) is 0 Å². The van der Waals surface area contributed by atoms with Crippen molar-refractivity contribution in [3.05, 3.63) is 30.0 Å². The van der Waals surface area contributed by atoms with Crippen LogP contribution in [0.4, 0.5) is 5.69 Å². The average Bonchev–Trinajstić information content (AvgIpc) is 2.59. The number of hydrogen-bond donors (Lipinski definition) is 0. The van der Waals surface area contributed by atoms with Gasteiger partial charge in [0.2, 0.25) is 6.08 Å². The van der Waals surface area contributed by atoms with Crippen LogP contribution in [0.1, 0.15) is 25.5 Å². The van der Waals surface area contributed by atoms with Crippen molar-refractivity contribution in [2.24, 2.45) is 4.99 Å². The summed E-state index contributed by atoms with van der Waals surface area (Å²) in [5.41, 5.74) is 2.95. The number of rotatable bonds is 2. The Bertz CT molecular complexity index is 575. The molecule has 16 heavy (non-hydrogen) atoms. The highest BCUT2D eigenvalue weighted by molar-refractivity contribution is 5.95. The number of nitrogens with zero attached hydrogens (tertiary/aromatic N) is 2. The molecule has 0 amide bonds.